The van der Waals surface area contributed by atoms with Gasteiger partial charge in [0.2, 0.25) is 0 Å². The molecule has 0 saturated carbocycles. The number of nitro groups is 1. The minimum absolute atomic E-state index is 0.0208. The number of hydrogen-bond donors (Lipinski definition) is 1. The topological polar surface area (TPSA) is 89.7 Å². The lowest BCUT2D eigenvalue weighted by Gasteiger charge is -2.03. The maximum absolute atomic E-state index is 10.7. The van der Waals surface area contributed by atoms with Crippen LogP contribution in [0.15, 0.2) is 35.7 Å². The number of aromatic carboxylic acids is 1. The average Bonchev–Trinajstić information content (AvgIpc) is 2.86. The summed E-state index contributed by atoms with van der Waals surface area (Å²) in [4.78, 5) is 20.9. The summed E-state index contributed by atoms with van der Waals surface area (Å²) >= 11 is 1.09. The number of carbonyl (C=O) groups is 1. The number of carboxylic acids is 1. The van der Waals surface area contributed by atoms with E-state index in [1.807, 2.05) is 0 Å². The van der Waals surface area contributed by atoms with Gasteiger partial charge in [0.25, 0.3) is 5.69 Å². The SMILES string of the molecule is O=C(O)c1cc(OCc2ccc([N+](=O)[O-])cc2)cs1. The molecule has 19 heavy (non-hydrogen) atoms. The zero-order valence-corrected chi connectivity index (χ0v) is 10.4. The first kappa shape index (κ1) is 13.0. The molecule has 98 valence electrons. The van der Waals surface area contributed by atoms with Gasteiger partial charge in [0.05, 0.1) is 4.92 Å². The number of hydrogen-bond acceptors (Lipinski definition) is 5. The Balaban J connectivity index is 1.97. The molecule has 0 saturated heterocycles. The smallest absolute Gasteiger partial charge is 0.346 e. The Bertz CT molecular complexity index is 605. The molecule has 1 aromatic heterocycles. The van der Waals surface area contributed by atoms with Crippen molar-refractivity contribution in [2.24, 2.45) is 0 Å². The summed E-state index contributed by atoms with van der Waals surface area (Å²) < 4.78 is 5.40. The molecule has 1 heterocycles. The fraction of sp³-hybridized carbons (Fsp3) is 0.0833. The third-order valence-corrected chi connectivity index (χ3v) is 3.24. The molecule has 0 aliphatic carbocycles. The minimum atomic E-state index is -0.991. The zero-order chi connectivity index (χ0) is 13.8. The van der Waals surface area contributed by atoms with E-state index in [1.165, 1.54) is 18.2 Å². The van der Waals surface area contributed by atoms with Crippen LogP contribution in [0.3, 0.4) is 0 Å². The number of ether oxygens (including phenoxy) is 1. The van der Waals surface area contributed by atoms with E-state index >= 15 is 0 Å². The van der Waals surface area contributed by atoms with Gasteiger partial charge in [0.1, 0.15) is 17.2 Å². The van der Waals surface area contributed by atoms with E-state index in [0.717, 1.165) is 16.9 Å². The molecule has 0 spiro atoms. The summed E-state index contributed by atoms with van der Waals surface area (Å²) in [6, 6.07) is 7.44. The first-order valence-electron chi connectivity index (χ1n) is 5.24. The second-order valence-corrected chi connectivity index (χ2v) is 4.58. The first-order valence-corrected chi connectivity index (χ1v) is 6.12. The van der Waals surface area contributed by atoms with Gasteiger partial charge in [-0.1, -0.05) is 0 Å². The second kappa shape index (κ2) is 5.49. The van der Waals surface area contributed by atoms with E-state index in [2.05, 4.69) is 0 Å². The molecule has 0 amide bonds. The van der Waals surface area contributed by atoms with Crippen LogP contribution in [0, 0.1) is 10.1 Å². The van der Waals surface area contributed by atoms with Gasteiger partial charge in [-0.2, -0.15) is 0 Å². The van der Waals surface area contributed by atoms with Crippen molar-refractivity contribution in [3.63, 3.8) is 0 Å². The lowest BCUT2D eigenvalue weighted by atomic mass is 10.2. The van der Waals surface area contributed by atoms with Crippen molar-refractivity contribution in [3.05, 3.63) is 56.3 Å². The fourth-order valence-corrected chi connectivity index (χ4v) is 2.05. The van der Waals surface area contributed by atoms with E-state index in [-0.39, 0.29) is 17.2 Å². The third kappa shape index (κ3) is 3.29. The Hall–Kier alpha value is -2.41. The van der Waals surface area contributed by atoms with Crippen molar-refractivity contribution in [1.82, 2.24) is 0 Å². The van der Waals surface area contributed by atoms with Gasteiger partial charge in [-0.3, -0.25) is 10.1 Å². The molecule has 0 fully saturated rings. The van der Waals surface area contributed by atoms with Crippen molar-refractivity contribution < 1.29 is 19.6 Å². The Morgan fingerprint density at radius 3 is 2.58 bits per heavy atom. The number of carboxylic acid groups (broad SMARTS) is 1. The van der Waals surface area contributed by atoms with Crippen molar-refractivity contribution in [2.75, 3.05) is 0 Å². The molecule has 7 heteroatoms. The number of non-ortho nitro benzene ring substituents is 1. The molecule has 0 aliphatic heterocycles. The van der Waals surface area contributed by atoms with Crippen molar-refractivity contribution in [1.29, 1.82) is 0 Å². The first-order chi connectivity index (χ1) is 9.06. The maximum atomic E-state index is 10.7. The van der Waals surface area contributed by atoms with Crippen LogP contribution in [-0.2, 0) is 6.61 Å². The van der Waals surface area contributed by atoms with E-state index in [4.69, 9.17) is 9.84 Å². The maximum Gasteiger partial charge on any atom is 0.346 e. The summed E-state index contributed by atoms with van der Waals surface area (Å²) in [7, 11) is 0. The molecule has 0 radical (unpaired) electrons. The molecule has 2 aromatic rings. The highest BCUT2D eigenvalue weighted by molar-refractivity contribution is 7.12. The fourth-order valence-electron chi connectivity index (χ4n) is 1.39. The van der Waals surface area contributed by atoms with Crippen LogP contribution in [0.2, 0.25) is 0 Å². The summed E-state index contributed by atoms with van der Waals surface area (Å²) in [5, 5.41) is 20.8. The summed E-state index contributed by atoms with van der Waals surface area (Å²) in [6.45, 7) is 0.230. The van der Waals surface area contributed by atoms with Crippen molar-refractivity contribution in [3.8, 4) is 5.75 Å². The predicted molar refractivity (Wildman–Crippen MR) is 68.7 cm³/mol. The summed E-state index contributed by atoms with van der Waals surface area (Å²) in [6.07, 6.45) is 0. The largest absolute Gasteiger partial charge is 0.488 e. The van der Waals surface area contributed by atoms with Gasteiger partial charge in [0, 0.05) is 23.6 Å². The molecule has 0 unspecified atom stereocenters. The molecular weight excluding hydrogens is 270 g/mol. The molecule has 1 N–H and O–H groups in total. The van der Waals surface area contributed by atoms with Crippen molar-refractivity contribution >= 4 is 23.0 Å². The number of benzene rings is 1. The number of nitro benzene ring substituents is 1. The molecular formula is C12H9NO5S. The van der Waals surface area contributed by atoms with Crippen LogP contribution in [0.1, 0.15) is 15.2 Å². The van der Waals surface area contributed by atoms with Crippen molar-refractivity contribution in [2.45, 2.75) is 6.61 Å². The number of rotatable bonds is 5. The van der Waals surface area contributed by atoms with Crippen LogP contribution >= 0.6 is 11.3 Å². The van der Waals surface area contributed by atoms with E-state index in [1.54, 1.807) is 17.5 Å². The Morgan fingerprint density at radius 2 is 2.05 bits per heavy atom. The van der Waals surface area contributed by atoms with Crippen LogP contribution in [0.25, 0.3) is 0 Å². The molecule has 6 nitrogen and oxygen atoms in total. The highest BCUT2D eigenvalue weighted by atomic mass is 32.1. The van der Waals surface area contributed by atoms with Gasteiger partial charge in [-0.15, -0.1) is 11.3 Å². The van der Waals surface area contributed by atoms with Gasteiger partial charge in [-0.05, 0) is 17.7 Å². The van der Waals surface area contributed by atoms with E-state index in [9.17, 15) is 14.9 Å². The number of nitrogens with zero attached hydrogens (tertiary/aromatic N) is 1. The van der Waals surface area contributed by atoms with Crippen LogP contribution in [-0.4, -0.2) is 16.0 Å². The summed E-state index contributed by atoms with van der Waals surface area (Å²) in [5.74, 6) is -0.518. The summed E-state index contributed by atoms with van der Waals surface area (Å²) in [5.41, 5.74) is 0.793. The highest BCUT2D eigenvalue weighted by Crippen LogP contribution is 2.22. The quantitative estimate of drug-likeness (QED) is 0.671. The predicted octanol–water partition coefficient (Wildman–Crippen LogP) is 2.93. The van der Waals surface area contributed by atoms with E-state index < -0.39 is 10.9 Å². The van der Waals surface area contributed by atoms with Crippen LogP contribution < -0.4 is 4.74 Å². The Labute approximate surface area is 112 Å². The van der Waals surface area contributed by atoms with Gasteiger partial charge >= 0.3 is 5.97 Å². The highest BCUT2D eigenvalue weighted by Gasteiger charge is 2.08. The van der Waals surface area contributed by atoms with Gasteiger partial charge in [-0.25, -0.2) is 4.79 Å². The number of thiophene rings is 1. The standard InChI is InChI=1S/C12H9NO5S/c14-12(15)11-5-10(7-19-11)18-6-8-1-3-9(4-2-8)13(16)17/h1-5,7H,6H2,(H,14,15). The molecule has 1 aromatic carbocycles. The Kier molecular flexibility index (Phi) is 3.76. The zero-order valence-electron chi connectivity index (χ0n) is 9.61. The second-order valence-electron chi connectivity index (χ2n) is 3.66. The third-order valence-electron chi connectivity index (χ3n) is 2.34. The molecule has 2 rings (SSSR count). The molecule has 0 aliphatic rings. The minimum Gasteiger partial charge on any atom is -0.488 e. The average molecular weight is 279 g/mol. The lowest BCUT2D eigenvalue weighted by Crippen LogP contribution is -1.95. The Morgan fingerprint density at radius 1 is 1.37 bits per heavy atom. The lowest BCUT2D eigenvalue weighted by molar-refractivity contribution is -0.384. The van der Waals surface area contributed by atoms with Crippen LogP contribution in [0.4, 0.5) is 5.69 Å². The molecule has 0 bridgehead atoms. The normalized spacial score (nSPS) is 10.1. The molecule has 0 atom stereocenters. The van der Waals surface area contributed by atoms with E-state index in [0.29, 0.717) is 5.75 Å². The van der Waals surface area contributed by atoms with Gasteiger partial charge < -0.3 is 9.84 Å². The van der Waals surface area contributed by atoms with Gasteiger partial charge in [0.15, 0.2) is 0 Å². The monoisotopic (exact) mass is 279 g/mol. The van der Waals surface area contributed by atoms with Crippen LogP contribution in [0.5, 0.6) is 5.75 Å².